The fraction of sp³-hybridized carbons (Fsp3) is 0.391. The minimum absolute atomic E-state index is 0.163. The van der Waals surface area contributed by atoms with Gasteiger partial charge in [-0.3, -0.25) is 9.59 Å². The fourth-order valence-electron chi connectivity index (χ4n) is 2.79. The first kappa shape index (κ1) is 22.3. The summed E-state index contributed by atoms with van der Waals surface area (Å²) >= 11 is 0. The summed E-state index contributed by atoms with van der Waals surface area (Å²) in [6.45, 7) is 5.78. The van der Waals surface area contributed by atoms with Gasteiger partial charge < -0.3 is 19.5 Å². The lowest BCUT2D eigenvalue weighted by atomic mass is 10.0. The fourth-order valence-corrected chi connectivity index (χ4v) is 2.79. The van der Waals surface area contributed by atoms with E-state index in [1.165, 1.54) is 5.56 Å². The quantitative estimate of drug-likeness (QED) is 0.635. The molecule has 0 aliphatic heterocycles. The molecule has 2 rings (SSSR count). The number of hydrogen-bond donors (Lipinski definition) is 1. The first-order chi connectivity index (χ1) is 13.8. The lowest BCUT2D eigenvalue weighted by molar-refractivity contribution is -0.153. The summed E-state index contributed by atoms with van der Waals surface area (Å²) in [5.74, 6) is 0.866. The van der Waals surface area contributed by atoms with Crippen LogP contribution in [0.1, 0.15) is 44.2 Å². The van der Waals surface area contributed by atoms with E-state index >= 15 is 0 Å². The molecule has 0 aliphatic rings. The van der Waals surface area contributed by atoms with Gasteiger partial charge in [-0.2, -0.15) is 0 Å². The van der Waals surface area contributed by atoms with E-state index in [1.54, 1.807) is 27.2 Å². The summed E-state index contributed by atoms with van der Waals surface area (Å²) < 4.78 is 15.7. The van der Waals surface area contributed by atoms with E-state index in [9.17, 15) is 9.59 Å². The Kier molecular flexibility index (Phi) is 8.07. The molecule has 0 saturated carbocycles. The van der Waals surface area contributed by atoms with Gasteiger partial charge in [0.2, 0.25) is 0 Å². The molecular formula is C23H29NO5. The van der Waals surface area contributed by atoms with Crippen molar-refractivity contribution in [3.8, 4) is 11.5 Å². The van der Waals surface area contributed by atoms with Crippen LogP contribution in [0.25, 0.3) is 0 Å². The lowest BCUT2D eigenvalue weighted by Crippen LogP contribution is -2.30. The molecule has 1 N–H and O–H groups in total. The Hall–Kier alpha value is -3.02. The number of esters is 1. The first-order valence-electron chi connectivity index (χ1n) is 9.65. The Morgan fingerprint density at radius 3 is 2.17 bits per heavy atom. The van der Waals surface area contributed by atoms with Gasteiger partial charge in [-0.25, -0.2) is 0 Å². The molecule has 2 aromatic carbocycles. The van der Waals surface area contributed by atoms with Gasteiger partial charge in [0.15, 0.2) is 17.6 Å². The Morgan fingerprint density at radius 1 is 0.931 bits per heavy atom. The Balaban J connectivity index is 1.84. The van der Waals surface area contributed by atoms with Crippen LogP contribution >= 0.6 is 0 Å². The molecule has 0 bridgehead atoms. The summed E-state index contributed by atoms with van der Waals surface area (Å²) in [5.41, 5.74) is 2.78. The number of benzene rings is 2. The Morgan fingerprint density at radius 2 is 1.59 bits per heavy atom. The minimum atomic E-state index is -0.877. The number of ether oxygens (including phenoxy) is 3. The van der Waals surface area contributed by atoms with E-state index < -0.39 is 12.1 Å². The highest BCUT2D eigenvalue weighted by atomic mass is 16.5. The van der Waals surface area contributed by atoms with Crippen molar-refractivity contribution >= 4 is 17.6 Å². The molecule has 1 atom stereocenters. The summed E-state index contributed by atoms with van der Waals surface area (Å²) in [5, 5.41) is 2.77. The maximum Gasteiger partial charge on any atom is 0.306 e. The van der Waals surface area contributed by atoms with Crippen molar-refractivity contribution in [3.05, 3.63) is 53.6 Å². The van der Waals surface area contributed by atoms with Crippen LogP contribution in [-0.4, -0.2) is 32.2 Å². The van der Waals surface area contributed by atoms with Crippen molar-refractivity contribution in [2.24, 2.45) is 0 Å². The zero-order valence-corrected chi connectivity index (χ0v) is 17.7. The smallest absolute Gasteiger partial charge is 0.306 e. The average molecular weight is 399 g/mol. The highest BCUT2D eigenvalue weighted by Gasteiger charge is 2.18. The van der Waals surface area contributed by atoms with Crippen LogP contribution in [-0.2, 0) is 20.7 Å². The minimum Gasteiger partial charge on any atom is -0.493 e. The monoisotopic (exact) mass is 399 g/mol. The van der Waals surface area contributed by atoms with E-state index in [1.807, 2.05) is 36.4 Å². The SMILES string of the molecule is COc1ccc(CCC(=O)OC(C)C(=O)Nc2ccc(C(C)C)cc2)cc1OC. The van der Waals surface area contributed by atoms with Crippen LogP contribution in [0.2, 0.25) is 0 Å². The zero-order chi connectivity index (χ0) is 21.4. The van der Waals surface area contributed by atoms with Gasteiger partial charge in [0.05, 0.1) is 14.2 Å². The summed E-state index contributed by atoms with van der Waals surface area (Å²) in [6.07, 6.45) is -0.238. The van der Waals surface area contributed by atoms with Gasteiger partial charge in [-0.1, -0.05) is 32.0 Å². The summed E-state index contributed by atoms with van der Waals surface area (Å²) in [4.78, 5) is 24.4. The van der Waals surface area contributed by atoms with Crippen molar-refractivity contribution in [1.82, 2.24) is 0 Å². The second kappa shape index (κ2) is 10.5. The maximum atomic E-state index is 12.3. The van der Waals surface area contributed by atoms with E-state index in [-0.39, 0.29) is 12.3 Å². The van der Waals surface area contributed by atoms with Crippen LogP contribution < -0.4 is 14.8 Å². The standard InChI is InChI=1S/C23H29NO5/c1-15(2)18-8-10-19(11-9-18)24-23(26)16(3)29-22(25)13-7-17-6-12-20(27-4)21(14-17)28-5/h6,8-12,14-16H,7,13H2,1-5H3,(H,24,26). The number of rotatable bonds is 9. The zero-order valence-electron chi connectivity index (χ0n) is 17.7. The molecule has 0 aromatic heterocycles. The Labute approximate surface area is 172 Å². The normalized spacial score (nSPS) is 11.7. The molecule has 0 fully saturated rings. The molecule has 156 valence electrons. The van der Waals surface area contributed by atoms with Gasteiger partial charge in [-0.05, 0) is 54.7 Å². The van der Waals surface area contributed by atoms with E-state index in [2.05, 4.69) is 19.2 Å². The van der Waals surface area contributed by atoms with Crippen molar-refractivity contribution in [1.29, 1.82) is 0 Å². The maximum absolute atomic E-state index is 12.3. The summed E-state index contributed by atoms with van der Waals surface area (Å²) in [7, 11) is 3.13. The second-order valence-electron chi connectivity index (χ2n) is 7.09. The first-order valence-corrected chi connectivity index (χ1v) is 9.65. The van der Waals surface area contributed by atoms with Crippen molar-refractivity contribution in [3.63, 3.8) is 0 Å². The Bertz CT molecular complexity index is 830. The predicted octanol–water partition coefficient (Wildman–Crippen LogP) is 4.33. The van der Waals surface area contributed by atoms with Gasteiger partial charge in [-0.15, -0.1) is 0 Å². The van der Waals surface area contributed by atoms with Crippen LogP contribution in [0.3, 0.4) is 0 Å². The van der Waals surface area contributed by atoms with Crippen LogP contribution in [0.5, 0.6) is 11.5 Å². The molecule has 0 radical (unpaired) electrons. The number of anilines is 1. The van der Waals surface area contributed by atoms with Gasteiger partial charge in [0, 0.05) is 12.1 Å². The molecule has 0 aliphatic carbocycles. The molecule has 2 aromatic rings. The lowest BCUT2D eigenvalue weighted by Gasteiger charge is -2.14. The molecule has 6 nitrogen and oxygen atoms in total. The van der Waals surface area contributed by atoms with E-state index in [0.717, 1.165) is 5.56 Å². The molecule has 1 unspecified atom stereocenters. The number of aryl methyl sites for hydroxylation is 1. The highest BCUT2D eigenvalue weighted by molar-refractivity contribution is 5.95. The van der Waals surface area contributed by atoms with Gasteiger partial charge in [0.25, 0.3) is 5.91 Å². The van der Waals surface area contributed by atoms with Crippen LogP contribution in [0.4, 0.5) is 5.69 Å². The van der Waals surface area contributed by atoms with Crippen molar-refractivity contribution < 1.29 is 23.8 Å². The van der Waals surface area contributed by atoms with Gasteiger partial charge in [0.1, 0.15) is 0 Å². The third kappa shape index (κ3) is 6.52. The molecule has 1 amide bonds. The third-order valence-corrected chi connectivity index (χ3v) is 4.59. The van der Waals surface area contributed by atoms with E-state index in [0.29, 0.717) is 29.5 Å². The second-order valence-corrected chi connectivity index (χ2v) is 7.09. The van der Waals surface area contributed by atoms with Crippen LogP contribution in [0.15, 0.2) is 42.5 Å². The number of methoxy groups -OCH3 is 2. The summed E-state index contributed by atoms with van der Waals surface area (Å²) in [6, 6.07) is 13.1. The van der Waals surface area contributed by atoms with Gasteiger partial charge >= 0.3 is 5.97 Å². The topological polar surface area (TPSA) is 73.9 Å². The number of nitrogens with one attached hydrogen (secondary N) is 1. The molecular weight excluding hydrogens is 370 g/mol. The molecule has 29 heavy (non-hydrogen) atoms. The van der Waals surface area contributed by atoms with Crippen LogP contribution in [0, 0.1) is 0 Å². The van der Waals surface area contributed by atoms with Crippen molar-refractivity contribution in [2.75, 3.05) is 19.5 Å². The third-order valence-electron chi connectivity index (χ3n) is 4.59. The predicted molar refractivity (Wildman–Crippen MR) is 113 cm³/mol. The van der Waals surface area contributed by atoms with Crippen molar-refractivity contribution in [2.45, 2.75) is 45.6 Å². The molecule has 6 heteroatoms. The number of carbonyl (C=O) groups excluding carboxylic acids is 2. The molecule has 0 heterocycles. The molecule has 0 spiro atoms. The average Bonchev–Trinajstić information content (AvgIpc) is 2.72. The van der Waals surface area contributed by atoms with E-state index in [4.69, 9.17) is 14.2 Å². The number of carbonyl (C=O) groups is 2. The molecule has 0 saturated heterocycles. The number of amides is 1. The number of hydrogen-bond acceptors (Lipinski definition) is 5. The largest absolute Gasteiger partial charge is 0.493 e. The highest BCUT2D eigenvalue weighted by Crippen LogP contribution is 2.28.